The molecule has 1 atom stereocenters. The minimum absolute atomic E-state index is 0.123. The maximum atomic E-state index is 10.7. The quantitative estimate of drug-likeness (QED) is 0.704. The second kappa shape index (κ2) is 7.70. The van der Waals surface area contributed by atoms with Gasteiger partial charge in [-0.3, -0.25) is 5.32 Å². The minimum Gasteiger partial charge on any atom is -0.465 e. The van der Waals surface area contributed by atoms with Gasteiger partial charge in [0.2, 0.25) is 0 Å². The Kier molecular flexibility index (Phi) is 4.96. The molecule has 3 aliphatic rings. The molecule has 1 amide bonds. The Hall–Kier alpha value is -3.02. The van der Waals surface area contributed by atoms with E-state index in [1.165, 1.54) is 30.4 Å². The highest BCUT2D eigenvalue weighted by atomic mass is 16.5. The largest absolute Gasteiger partial charge is 0.465 e. The number of fused-ring (bicyclic) bond motifs is 2. The second-order valence-electron chi connectivity index (χ2n) is 6.96. The van der Waals surface area contributed by atoms with Gasteiger partial charge in [-0.05, 0) is 42.2 Å². The number of aryl methyl sites for hydroxylation is 1. The molecule has 1 fully saturated rings. The predicted octanol–water partition coefficient (Wildman–Crippen LogP) is 4.93. The molecule has 2 aliphatic carbocycles. The van der Waals surface area contributed by atoms with E-state index in [0.29, 0.717) is 18.3 Å². The van der Waals surface area contributed by atoms with Crippen LogP contribution in [-0.4, -0.2) is 17.2 Å². The first-order valence-corrected chi connectivity index (χ1v) is 9.37. The molecule has 2 aromatic rings. The lowest BCUT2D eigenvalue weighted by Crippen LogP contribution is -2.23. The maximum Gasteiger partial charge on any atom is 0.409 e. The van der Waals surface area contributed by atoms with Gasteiger partial charge in [-0.2, -0.15) is 0 Å². The average molecular weight is 365 g/mol. The minimum atomic E-state index is -1.08. The van der Waals surface area contributed by atoms with Crippen molar-refractivity contribution in [2.24, 2.45) is 4.99 Å². The van der Waals surface area contributed by atoms with Gasteiger partial charge < -0.3 is 15.2 Å². The number of aliphatic imine (C=N–C) groups is 1. The van der Waals surface area contributed by atoms with Crippen LogP contribution < -0.4 is 10.6 Å². The van der Waals surface area contributed by atoms with Crippen LogP contribution in [0, 0.1) is 0 Å². The summed E-state index contributed by atoms with van der Waals surface area (Å²) in [4.78, 5) is 15.4. The molecule has 0 spiro atoms. The monoisotopic (exact) mass is 365 g/mol. The first-order chi connectivity index (χ1) is 13.2. The summed E-state index contributed by atoms with van der Waals surface area (Å²) < 4.78 is 5.71. The first kappa shape index (κ1) is 17.4. The summed E-state index contributed by atoms with van der Waals surface area (Å²) >= 11 is 0. The number of hydrogen-bond donors (Lipinski definition) is 3. The van der Waals surface area contributed by atoms with Gasteiger partial charge in [0, 0.05) is 16.9 Å². The van der Waals surface area contributed by atoms with Crippen molar-refractivity contribution in [2.45, 2.75) is 44.8 Å². The molecule has 2 aromatic carbocycles. The van der Waals surface area contributed by atoms with Crippen molar-refractivity contribution in [3.63, 3.8) is 0 Å². The molecular formula is C21H23N3O3. The van der Waals surface area contributed by atoms with Crippen molar-refractivity contribution in [2.75, 3.05) is 10.6 Å². The van der Waals surface area contributed by atoms with E-state index in [-0.39, 0.29) is 6.04 Å². The summed E-state index contributed by atoms with van der Waals surface area (Å²) in [6.45, 7) is 0.366. The summed E-state index contributed by atoms with van der Waals surface area (Å²) in [7, 11) is 0. The van der Waals surface area contributed by atoms with Crippen LogP contribution in [0.3, 0.4) is 0 Å². The van der Waals surface area contributed by atoms with Gasteiger partial charge in [0.15, 0.2) is 0 Å². The van der Waals surface area contributed by atoms with Gasteiger partial charge in [-0.25, -0.2) is 9.79 Å². The van der Waals surface area contributed by atoms with Crippen LogP contribution in [-0.2, 0) is 17.8 Å². The molecule has 140 valence electrons. The molecule has 6 heteroatoms. The molecule has 0 unspecified atom stereocenters. The lowest BCUT2D eigenvalue weighted by molar-refractivity contribution is 0.209. The third-order valence-electron chi connectivity index (χ3n) is 4.69. The Balaban J connectivity index is 0.000000547. The number of hydrogen-bond acceptors (Lipinski definition) is 3. The number of anilines is 2. The lowest BCUT2D eigenvalue weighted by Gasteiger charge is -2.22. The van der Waals surface area contributed by atoms with Gasteiger partial charge in [0.05, 0.1) is 6.04 Å². The number of carbonyl (C=O) groups is 1. The SMILES string of the molecule is C1CC1.O=C(O)Nc1ccc2c(c1)COC(=N[C@@H]1CCc3ccccc31)N2. The Labute approximate surface area is 158 Å². The molecule has 0 bridgehead atoms. The molecule has 0 saturated heterocycles. The number of benzene rings is 2. The second-order valence-corrected chi connectivity index (χ2v) is 6.96. The standard InChI is InChI=1S/C18H17N3O3.C3H6/c22-18(23)19-13-6-8-15-12(9-13)10-24-17(20-15)21-16-7-5-11-3-1-2-4-14(11)16;1-2-3-1/h1-4,6,8-9,16,19H,5,7,10H2,(H,20,21)(H,22,23);1-3H2/t16-;/m1./s1. The maximum absolute atomic E-state index is 10.7. The van der Waals surface area contributed by atoms with Crippen LogP contribution in [0.2, 0.25) is 0 Å². The highest BCUT2D eigenvalue weighted by molar-refractivity contribution is 5.92. The number of rotatable bonds is 2. The summed E-state index contributed by atoms with van der Waals surface area (Å²) in [5.74, 6) is 0. The van der Waals surface area contributed by atoms with Crippen molar-refractivity contribution in [3.8, 4) is 0 Å². The van der Waals surface area contributed by atoms with Crippen molar-refractivity contribution in [1.82, 2.24) is 0 Å². The van der Waals surface area contributed by atoms with E-state index in [4.69, 9.17) is 14.8 Å². The Bertz CT molecular complexity index is 874. The van der Waals surface area contributed by atoms with Crippen LogP contribution in [0.15, 0.2) is 47.5 Å². The van der Waals surface area contributed by atoms with Gasteiger partial charge in [-0.15, -0.1) is 0 Å². The van der Waals surface area contributed by atoms with Crippen molar-refractivity contribution in [1.29, 1.82) is 0 Å². The zero-order valence-corrected chi connectivity index (χ0v) is 15.1. The van der Waals surface area contributed by atoms with Crippen LogP contribution >= 0.6 is 0 Å². The Morgan fingerprint density at radius 2 is 1.96 bits per heavy atom. The molecule has 0 radical (unpaired) electrons. The molecular weight excluding hydrogens is 342 g/mol. The smallest absolute Gasteiger partial charge is 0.409 e. The molecule has 1 heterocycles. The van der Waals surface area contributed by atoms with Gasteiger partial charge in [0.25, 0.3) is 6.02 Å². The fraction of sp³-hybridized carbons (Fsp3) is 0.333. The number of ether oxygens (including phenoxy) is 1. The van der Waals surface area contributed by atoms with E-state index in [9.17, 15) is 4.79 Å². The van der Waals surface area contributed by atoms with Crippen LogP contribution in [0.1, 0.15) is 48.4 Å². The number of nitrogens with one attached hydrogen (secondary N) is 2. The molecule has 27 heavy (non-hydrogen) atoms. The third-order valence-corrected chi connectivity index (χ3v) is 4.69. The summed E-state index contributed by atoms with van der Waals surface area (Å²) in [5, 5.41) is 14.3. The van der Waals surface area contributed by atoms with Gasteiger partial charge in [-0.1, -0.05) is 43.5 Å². The molecule has 1 saturated carbocycles. The fourth-order valence-electron chi connectivity index (χ4n) is 3.21. The van der Waals surface area contributed by atoms with Gasteiger partial charge >= 0.3 is 6.09 Å². The lowest BCUT2D eigenvalue weighted by atomic mass is 10.1. The summed E-state index contributed by atoms with van der Waals surface area (Å²) in [5.41, 5.74) is 4.93. The average Bonchev–Trinajstić information content (AvgIpc) is 3.50. The van der Waals surface area contributed by atoms with E-state index in [2.05, 4.69) is 28.8 Å². The zero-order valence-electron chi connectivity index (χ0n) is 15.1. The van der Waals surface area contributed by atoms with E-state index in [1.807, 2.05) is 12.1 Å². The number of amides is 1. The third kappa shape index (κ3) is 4.39. The highest BCUT2D eigenvalue weighted by Crippen LogP contribution is 2.34. The Morgan fingerprint density at radius 1 is 1.15 bits per heavy atom. The van der Waals surface area contributed by atoms with E-state index in [0.717, 1.165) is 24.1 Å². The normalized spacial score (nSPS) is 20.3. The molecule has 6 nitrogen and oxygen atoms in total. The predicted molar refractivity (Wildman–Crippen MR) is 105 cm³/mol. The Morgan fingerprint density at radius 3 is 2.74 bits per heavy atom. The number of amidine groups is 1. The summed E-state index contributed by atoms with van der Waals surface area (Å²) in [6.07, 6.45) is 5.45. The van der Waals surface area contributed by atoms with Crippen LogP contribution in [0.4, 0.5) is 16.2 Å². The highest BCUT2D eigenvalue weighted by Gasteiger charge is 2.23. The topological polar surface area (TPSA) is 83.0 Å². The number of carboxylic acid groups (broad SMARTS) is 1. The van der Waals surface area contributed by atoms with Gasteiger partial charge in [0.1, 0.15) is 6.61 Å². The zero-order chi connectivity index (χ0) is 18.6. The van der Waals surface area contributed by atoms with Crippen LogP contribution in [0.25, 0.3) is 0 Å². The first-order valence-electron chi connectivity index (χ1n) is 9.37. The molecule has 1 aliphatic heterocycles. The van der Waals surface area contributed by atoms with E-state index in [1.54, 1.807) is 12.1 Å². The number of nitrogens with zero attached hydrogens (tertiary/aromatic N) is 1. The van der Waals surface area contributed by atoms with Crippen molar-refractivity contribution in [3.05, 3.63) is 59.2 Å². The molecule has 3 N–H and O–H groups in total. The van der Waals surface area contributed by atoms with E-state index < -0.39 is 6.09 Å². The molecule has 0 aromatic heterocycles. The molecule has 5 rings (SSSR count). The fourth-order valence-corrected chi connectivity index (χ4v) is 3.21. The summed E-state index contributed by atoms with van der Waals surface area (Å²) in [6, 6.07) is 14.3. The van der Waals surface area contributed by atoms with Crippen molar-refractivity contribution < 1.29 is 14.6 Å². The van der Waals surface area contributed by atoms with Crippen molar-refractivity contribution >= 4 is 23.5 Å². The van der Waals surface area contributed by atoms with Crippen LogP contribution in [0.5, 0.6) is 0 Å². The van der Waals surface area contributed by atoms with E-state index >= 15 is 0 Å².